The lowest BCUT2D eigenvalue weighted by atomic mass is 9.88. The lowest BCUT2D eigenvalue weighted by Gasteiger charge is -2.30. The maximum Gasteiger partial charge on any atom is 0.234 e. The fourth-order valence-electron chi connectivity index (χ4n) is 3.64. The van der Waals surface area contributed by atoms with Crippen molar-refractivity contribution in [2.75, 3.05) is 32.8 Å². The van der Waals surface area contributed by atoms with Crippen molar-refractivity contribution in [2.45, 2.75) is 19.4 Å². The molecule has 28 heavy (non-hydrogen) atoms. The number of ketones is 1. The highest BCUT2D eigenvalue weighted by Gasteiger charge is 2.27. The number of ether oxygens (including phenoxy) is 2. The molecule has 7 nitrogen and oxygen atoms in total. The molecule has 1 saturated heterocycles. The van der Waals surface area contributed by atoms with Crippen LogP contribution in [0, 0.1) is 5.92 Å². The zero-order valence-corrected chi connectivity index (χ0v) is 15.7. The van der Waals surface area contributed by atoms with Crippen LogP contribution < -0.4 is 14.8 Å². The molecule has 1 fully saturated rings. The predicted molar refractivity (Wildman–Crippen MR) is 101 cm³/mol. The van der Waals surface area contributed by atoms with Crippen LogP contribution >= 0.6 is 0 Å². The summed E-state index contributed by atoms with van der Waals surface area (Å²) in [4.78, 5) is 27.0. The summed E-state index contributed by atoms with van der Waals surface area (Å²) in [6.45, 7) is 3.24. The number of furan rings is 1. The number of carbonyl (C=O) groups excluding carboxylic acids is 2. The lowest BCUT2D eigenvalue weighted by molar-refractivity contribution is -0.122. The number of rotatable bonds is 6. The second-order valence-electron chi connectivity index (χ2n) is 7.13. The summed E-state index contributed by atoms with van der Waals surface area (Å²) in [5.41, 5.74) is 0.666. The van der Waals surface area contributed by atoms with Crippen molar-refractivity contribution in [3.63, 3.8) is 0 Å². The van der Waals surface area contributed by atoms with Gasteiger partial charge in [-0.25, -0.2) is 0 Å². The van der Waals surface area contributed by atoms with Gasteiger partial charge < -0.3 is 19.2 Å². The van der Waals surface area contributed by atoms with E-state index in [1.54, 1.807) is 24.5 Å². The molecule has 2 aromatic rings. The van der Waals surface area contributed by atoms with Gasteiger partial charge in [-0.1, -0.05) is 0 Å². The number of likely N-dealkylation sites (tertiary alicyclic amines) is 1. The first kappa shape index (κ1) is 18.6. The Balaban J connectivity index is 1.25. The maximum atomic E-state index is 12.8. The number of piperidine rings is 1. The van der Waals surface area contributed by atoms with Crippen LogP contribution in [0.4, 0.5) is 0 Å². The Morgan fingerprint density at radius 1 is 1.07 bits per heavy atom. The summed E-state index contributed by atoms with van der Waals surface area (Å²) in [5, 5.41) is 2.85. The van der Waals surface area contributed by atoms with Gasteiger partial charge in [-0.2, -0.15) is 0 Å². The van der Waals surface area contributed by atoms with E-state index in [-0.39, 0.29) is 17.6 Å². The average Bonchev–Trinajstić information content (AvgIpc) is 3.26. The van der Waals surface area contributed by atoms with Crippen LogP contribution in [0.2, 0.25) is 0 Å². The van der Waals surface area contributed by atoms with Crippen molar-refractivity contribution in [1.29, 1.82) is 0 Å². The predicted octanol–water partition coefficient (Wildman–Crippen LogP) is 2.26. The zero-order valence-electron chi connectivity index (χ0n) is 15.7. The van der Waals surface area contributed by atoms with Crippen molar-refractivity contribution in [3.8, 4) is 11.5 Å². The van der Waals surface area contributed by atoms with E-state index in [0.717, 1.165) is 31.7 Å². The molecule has 1 amide bonds. The minimum Gasteiger partial charge on any atom is -0.486 e. The SMILES string of the molecule is O=C(CN1CCC(C(=O)c2ccc3c(c2)OCCO3)CC1)NCc1ccco1. The fraction of sp³-hybridized carbons (Fsp3) is 0.429. The number of nitrogens with one attached hydrogen (secondary N) is 1. The van der Waals surface area contributed by atoms with Gasteiger partial charge in [0.1, 0.15) is 19.0 Å². The monoisotopic (exact) mass is 384 g/mol. The van der Waals surface area contributed by atoms with Gasteiger partial charge in [-0.15, -0.1) is 0 Å². The van der Waals surface area contributed by atoms with Crippen molar-refractivity contribution in [1.82, 2.24) is 10.2 Å². The maximum absolute atomic E-state index is 12.8. The number of fused-ring (bicyclic) bond motifs is 1. The first-order valence-electron chi connectivity index (χ1n) is 9.64. The quantitative estimate of drug-likeness (QED) is 0.770. The molecule has 1 aromatic heterocycles. The first-order valence-corrected chi connectivity index (χ1v) is 9.64. The van der Waals surface area contributed by atoms with Gasteiger partial charge in [0.25, 0.3) is 0 Å². The standard InChI is InChI=1S/C21H24N2O5/c24-20(22-13-17-2-1-9-26-17)14-23-7-5-15(6-8-23)21(25)16-3-4-18-19(12-16)28-11-10-27-18/h1-4,9,12,15H,5-8,10-11,13-14H2,(H,22,24). The van der Waals surface area contributed by atoms with E-state index in [4.69, 9.17) is 13.9 Å². The second kappa shape index (κ2) is 8.48. The molecule has 1 N–H and O–H groups in total. The molecule has 2 aliphatic rings. The van der Waals surface area contributed by atoms with E-state index >= 15 is 0 Å². The Bertz CT molecular complexity index is 825. The molecule has 0 spiro atoms. The summed E-state index contributed by atoms with van der Waals surface area (Å²) in [6.07, 6.45) is 3.09. The minimum atomic E-state index is -0.0342. The third-order valence-electron chi connectivity index (χ3n) is 5.19. The Kier molecular flexibility index (Phi) is 5.62. The summed E-state index contributed by atoms with van der Waals surface area (Å²) in [7, 11) is 0. The topological polar surface area (TPSA) is 81.0 Å². The summed E-state index contributed by atoms with van der Waals surface area (Å²) >= 11 is 0. The Morgan fingerprint density at radius 3 is 2.61 bits per heavy atom. The molecular formula is C21H24N2O5. The van der Waals surface area contributed by atoms with E-state index in [1.165, 1.54) is 0 Å². The van der Waals surface area contributed by atoms with Gasteiger partial charge in [-0.05, 0) is 56.3 Å². The number of hydrogen-bond acceptors (Lipinski definition) is 6. The molecule has 2 aliphatic heterocycles. The molecule has 0 radical (unpaired) electrons. The first-order chi connectivity index (χ1) is 13.7. The highest BCUT2D eigenvalue weighted by molar-refractivity contribution is 5.98. The summed E-state index contributed by atoms with van der Waals surface area (Å²) < 4.78 is 16.3. The van der Waals surface area contributed by atoms with Crippen molar-refractivity contribution >= 4 is 11.7 Å². The van der Waals surface area contributed by atoms with E-state index in [9.17, 15) is 9.59 Å². The highest BCUT2D eigenvalue weighted by atomic mass is 16.6. The van der Waals surface area contributed by atoms with E-state index in [1.807, 2.05) is 12.1 Å². The fourth-order valence-corrected chi connectivity index (χ4v) is 3.64. The zero-order chi connectivity index (χ0) is 19.3. The lowest BCUT2D eigenvalue weighted by Crippen LogP contribution is -2.42. The van der Waals surface area contributed by atoms with E-state index < -0.39 is 0 Å². The van der Waals surface area contributed by atoms with Gasteiger partial charge in [0.2, 0.25) is 5.91 Å². The molecule has 0 unspecified atom stereocenters. The van der Waals surface area contributed by atoms with Crippen molar-refractivity contribution in [2.24, 2.45) is 5.92 Å². The van der Waals surface area contributed by atoms with Crippen molar-refractivity contribution in [3.05, 3.63) is 47.9 Å². The van der Waals surface area contributed by atoms with Crippen LogP contribution in [0.25, 0.3) is 0 Å². The number of Topliss-reactive ketones (excluding diaryl/α,β-unsaturated/α-hetero) is 1. The van der Waals surface area contributed by atoms with E-state index in [2.05, 4.69) is 10.2 Å². The molecule has 1 aromatic carbocycles. The van der Waals surface area contributed by atoms with Gasteiger partial charge in [0, 0.05) is 11.5 Å². The Labute approximate surface area is 163 Å². The van der Waals surface area contributed by atoms with Crippen molar-refractivity contribution < 1.29 is 23.5 Å². The molecule has 0 atom stereocenters. The number of nitrogens with zero attached hydrogens (tertiary/aromatic N) is 1. The van der Waals surface area contributed by atoms with Gasteiger partial charge >= 0.3 is 0 Å². The van der Waals surface area contributed by atoms with Crippen LogP contribution in [-0.4, -0.2) is 49.4 Å². The molecule has 4 rings (SSSR count). The van der Waals surface area contributed by atoms with Gasteiger partial charge in [-0.3, -0.25) is 14.5 Å². The Hall–Kier alpha value is -2.80. The van der Waals surface area contributed by atoms with Crippen LogP contribution in [0.15, 0.2) is 41.0 Å². The number of amides is 1. The van der Waals surface area contributed by atoms with Crippen LogP contribution in [-0.2, 0) is 11.3 Å². The normalized spacial score (nSPS) is 17.3. The molecule has 7 heteroatoms. The molecule has 148 valence electrons. The number of hydrogen-bond donors (Lipinski definition) is 1. The van der Waals surface area contributed by atoms with Gasteiger partial charge in [0.05, 0.1) is 19.4 Å². The summed E-state index contributed by atoms with van der Waals surface area (Å²) in [5.74, 6) is 2.15. The largest absolute Gasteiger partial charge is 0.486 e. The number of carbonyl (C=O) groups is 2. The summed E-state index contributed by atoms with van der Waals surface area (Å²) in [6, 6.07) is 9.02. The number of benzene rings is 1. The van der Waals surface area contributed by atoms with Crippen LogP contribution in [0.3, 0.4) is 0 Å². The third-order valence-corrected chi connectivity index (χ3v) is 5.19. The molecule has 0 saturated carbocycles. The minimum absolute atomic E-state index is 0.0232. The molecule has 0 aliphatic carbocycles. The molecular weight excluding hydrogens is 360 g/mol. The van der Waals surface area contributed by atoms with Crippen LogP contribution in [0.1, 0.15) is 29.0 Å². The van der Waals surface area contributed by atoms with E-state index in [0.29, 0.717) is 43.4 Å². The molecule has 3 heterocycles. The second-order valence-corrected chi connectivity index (χ2v) is 7.13. The third kappa shape index (κ3) is 4.36. The highest BCUT2D eigenvalue weighted by Crippen LogP contribution is 2.32. The Morgan fingerprint density at radius 2 is 1.86 bits per heavy atom. The molecule has 0 bridgehead atoms. The van der Waals surface area contributed by atoms with Gasteiger partial charge in [0.15, 0.2) is 17.3 Å². The van der Waals surface area contributed by atoms with Crippen LogP contribution in [0.5, 0.6) is 11.5 Å². The smallest absolute Gasteiger partial charge is 0.234 e. The average molecular weight is 384 g/mol.